The van der Waals surface area contributed by atoms with Gasteiger partial charge >= 0.3 is 0 Å². The molecule has 2 heterocycles. The molecule has 7 nitrogen and oxygen atoms in total. The first-order valence-electron chi connectivity index (χ1n) is 7.57. The molecular formula is C16H19N5O2S. The van der Waals surface area contributed by atoms with E-state index >= 15 is 0 Å². The Kier molecular flexibility index (Phi) is 4.15. The van der Waals surface area contributed by atoms with Gasteiger partial charge in [0.2, 0.25) is 0 Å². The van der Waals surface area contributed by atoms with Crippen LogP contribution in [0.2, 0.25) is 0 Å². The normalized spacial score (nSPS) is 11.6. The van der Waals surface area contributed by atoms with E-state index < -0.39 is 10.0 Å². The highest BCUT2D eigenvalue weighted by Crippen LogP contribution is 2.23. The van der Waals surface area contributed by atoms with Crippen LogP contribution >= 0.6 is 0 Å². The second-order valence-electron chi connectivity index (χ2n) is 5.44. The van der Waals surface area contributed by atoms with Gasteiger partial charge in [0.1, 0.15) is 4.90 Å². The van der Waals surface area contributed by atoms with Crippen molar-refractivity contribution >= 4 is 15.7 Å². The van der Waals surface area contributed by atoms with E-state index in [1.165, 1.54) is 0 Å². The molecule has 0 atom stereocenters. The summed E-state index contributed by atoms with van der Waals surface area (Å²) in [6, 6.07) is 7.10. The van der Waals surface area contributed by atoms with E-state index in [1.54, 1.807) is 43.2 Å². The van der Waals surface area contributed by atoms with Crippen molar-refractivity contribution in [1.82, 2.24) is 19.3 Å². The predicted molar refractivity (Wildman–Crippen MR) is 91.7 cm³/mol. The van der Waals surface area contributed by atoms with Gasteiger partial charge in [0, 0.05) is 30.3 Å². The molecule has 126 valence electrons. The molecule has 3 aromatic rings. The van der Waals surface area contributed by atoms with Crippen LogP contribution in [0.15, 0.2) is 47.9 Å². The highest BCUT2D eigenvalue weighted by molar-refractivity contribution is 7.92. The Hall–Kier alpha value is -2.61. The van der Waals surface area contributed by atoms with Gasteiger partial charge in [-0.15, -0.1) is 0 Å². The number of aromatic nitrogens is 4. The van der Waals surface area contributed by atoms with Crippen molar-refractivity contribution in [3.05, 3.63) is 54.4 Å². The third-order valence-electron chi connectivity index (χ3n) is 3.81. The molecule has 0 fully saturated rings. The summed E-state index contributed by atoms with van der Waals surface area (Å²) in [5, 5.41) is 4.27. The summed E-state index contributed by atoms with van der Waals surface area (Å²) >= 11 is 0. The van der Waals surface area contributed by atoms with Crippen LogP contribution in [0.4, 0.5) is 5.69 Å². The SMILES string of the molecule is CCn1nc(C)c(S(=O)(=O)Nc2ccc(-n3ccnc3)cc2)c1C. The fraction of sp³-hybridized carbons (Fsp3) is 0.250. The van der Waals surface area contributed by atoms with Gasteiger partial charge in [-0.05, 0) is 45.0 Å². The fourth-order valence-electron chi connectivity index (χ4n) is 2.70. The molecule has 3 rings (SSSR count). The van der Waals surface area contributed by atoms with Gasteiger partial charge < -0.3 is 4.57 Å². The number of hydrogen-bond donors (Lipinski definition) is 1. The molecule has 0 aliphatic rings. The van der Waals surface area contributed by atoms with Crippen LogP contribution in [-0.4, -0.2) is 27.7 Å². The number of anilines is 1. The number of nitrogens with zero attached hydrogens (tertiary/aromatic N) is 4. The van der Waals surface area contributed by atoms with Crippen LogP contribution in [0.25, 0.3) is 5.69 Å². The van der Waals surface area contributed by atoms with E-state index in [2.05, 4.69) is 14.8 Å². The molecule has 0 saturated heterocycles. The lowest BCUT2D eigenvalue weighted by molar-refractivity contribution is 0.598. The number of sulfonamides is 1. The second-order valence-corrected chi connectivity index (χ2v) is 7.06. The molecule has 0 radical (unpaired) electrons. The number of aryl methyl sites for hydroxylation is 2. The van der Waals surface area contributed by atoms with E-state index in [4.69, 9.17) is 0 Å². The maximum atomic E-state index is 12.7. The van der Waals surface area contributed by atoms with Crippen molar-refractivity contribution in [3.63, 3.8) is 0 Å². The first kappa shape index (κ1) is 16.3. The predicted octanol–water partition coefficient (Wildman–Crippen LogP) is 2.51. The molecule has 0 unspecified atom stereocenters. The summed E-state index contributed by atoms with van der Waals surface area (Å²) in [7, 11) is -3.68. The average Bonchev–Trinajstić information content (AvgIpc) is 3.15. The first-order valence-corrected chi connectivity index (χ1v) is 9.06. The van der Waals surface area contributed by atoms with E-state index in [-0.39, 0.29) is 4.90 Å². The second kappa shape index (κ2) is 6.12. The highest BCUT2D eigenvalue weighted by Gasteiger charge is 2.24. The average molecular weight is 345 g/mol. The minimum absolute atomic E-state index is 0.239. The van der Waals surface area contributed by atoms with Gasteiger partial charge in [0.15, 0.2) is 0 Å². The first-order chi connectivity index (χ1) is 11.4. The van der Waals surface area contributed by atoms with Gasteiger partial charge in [-0.1, -0.05) is 0 Å². The van der Waals surface area contributed by atoms with Gasteiger partial charge in [0.25, 0.3) is 10.0 Å². The molecule has 2 aromatic heterocycles. The maximum Gasteiger partial charge on any atom is 0.265 e. The number of benzene rings is 1. The largest absolute Gasteiger partial charge is 0.306 e. The van der Waals surface area contributed by atoms with Crippen LogP contribution in [0.3, 0.4) is 0 Å². The molecule has 0 saturated carbocycles. The molecule has 0 spiro atoms. The van der Waals surface area contributed by atoms with Crippen LogP contribution in [-0.2, 0) is 16.6 Å². The molecule has 8 heteroatoms. The van der Waals surface area contributed by atoms with Crippen molar-refractivity contribution < 1.29 is 8.42 Å². The van der Waals surface area contributed by atoms with Crippen molar-refractivity contribution in [2.24, 2.45) is 0 Å². The zero-order chi connectivity index (χ0) is 17.3. The van der Waals surface area contributed by atoms with E-state index in [0.717, 1.165) is 5.69 Å². The van der Waals surface area contributed by atoms with Crippen molar-refractivity contribution in [1.29, 1.82) is 0 Å². The lowest BCUT2D eigenvalue weighted by atomic mass is 10.3. The standard InChI is InChI=1S/C16H19N5O2S/c1-4-21-13(3)16(12(2)18-21)24(22,23)19-14-5-7-15(8-6-14)20-10-9-17-11-20/h5-11,19H,4H2,1-3H3. The Balaban J connectivity index is 1.89. The summed E-state index contributed by atoms with van der Waals surface area (Å²) in [5.74, 6) is 0. The summed E-state index contributed by atoms with van der Waals surface area (Å²) in [6.45, 7) is 6.02. The third-order valence-corrected chi connectivity index (χ3v) is 5.44. The van der Waals surface area contributed by atoms with Crippen LogP contribution in [0, 0.1) is 13.8 Å². The molecule has 24 heavy (non-hydrogen) atoms. The summed E-state index contributed by atoms with van der Waals surface area (Å²) < 4.78 is 31.6. The van der Waals surface area contributed by atoms with Crippen LogP contribution in [0.1, 0.15) is 18.3 Å². The van der Waals surface area contributed by atoms with E-state index in [1.807, 2.05) is 29.8 Å². The van der Waals surface area contributed by atoms with Gasteiger partial charge in [-0.25, -0.2) is 13.4 Å². The summed E-state index contributed by atoms with van der Waals surface area (Å²) in [5.41, 5.74) is 2.54. The number of imidazole rings is 1. The zero-order valence-corrected chi connectivity index (χ0v) is 14.6. The van der Waals surface area contributed by atoms with Gasteiger partial charge in [0.05, 0.1) is 17.7 Å². The smallest absolute Gasteiger partial charge is 0.265 e. The van der Waals surface area contributed by atoms with Crippen molar-refractivity contribution in [2.45, 2.75) is 32.2 Å². The number of hydrogen-bond acceptors (Lipinski definition) is 4. The molecule has 1 N–H and O–H groups in total. The minimum Gasteiger partial charge on any atom is -0.306 e. The third kappa shape index (κ3) is 2.92. The van der Waals surface area contributed by atoms with Crippen LogP contribution in [0.5, 0.6) is 0 Å². The Morgan fingerprint density at radius 2 is 1.88 bits per heavy atom. The quantitative estimate of drug-likeness (QED) is 0.770. The zero-order valence-electron chi connectivity index (χ0n) is 13.8. The Labute approximate surface area is 141 Å². The molecule has 0 bridgehead atoms. The van der Waals surface area contributed by atoms with E-state index in [9.17, 15) is 8.42 Å². The maximum absolute atomic E-state index is 12.7. The molecule has 0 aliphatic carbocycles. The summed E-state index contributed by atoms with van der Waals surface area (Å²) in [6.07, 6.45) is 5.20. The molecule has 1 aromatic carbocycles. The van der Waals surface area contributed by atoms with Gasteiger partial charge in [-0.2, -0.15) is 5.10 Å². The Morgan fingerprint density at radius 1 is 1.17 bits per heavy atom. The monoisotopic (exact) mass is 345 g/mol. The molecular weight excluding hydrogens is 326 g/mol. The van der Waals surface area contributed by atoms with E-state index in [0.29, 0.717) is 23.6 Å². The van der Waals surface area contributed by atoms with Gasteiger partial charge in [-0.3, -0.25) is 9.40 Å². The Morgan fingerprint density at radius 3 is 2.42 bits per heavy atom. The van der Waals surface area contributed by atoms with Crippen LogP contribution < -0.4 is 4.72 Å². The number of rotatable bonds is 5. The molecule has 0 aliphatic heterocycles. The Bertz CT molecular complexity index is 941. The van der Waals surface area contributed by atoms with Crippen molar-refractivity contribution in [3.8, 4) is 5.69 Å². The highest BCUT2D eigenvalue weighted by atomic mass is 32.2. The topological polar surface area (TPSA) is 81.8 Å². The minimum atomic E-state index is -3.68. The van der Waals surface area contributed by atoms with Crippen molar-refractivity contribution in [2.75, 3.05) is 4.72 Å². The lowest BCUT2D eigenvalue weighted by Gasteiger charge is -2.10. The fourth-order valence-corrected chi connectivity index (χ4v) is 4.17. The number of nitrogens with one attached hydrogen (secondary N) is 1. The lowest BCUT2D eigenvalue weighted by Crippen LogP contribution is -2.15. The summed E-state index contributed by atoms with van der Waals surface area (Å²) in [4.78, 5) is 4.23. The molecule has 0 amide bonds.